The van der Waals surface area contributed by atoms with Crippen LogP contribution < -0.4 is 20.1 Å². The van der Waals surface area contributed by atoms with Crippen LogP contribution in [-0.2, 0) is 0 Å². The summed E-state index contributed by atoms with van der Waals surface area (Å²) in [5.74, 6) is 1.20. The van der Waals surface area contributed by atoms with E-state index in [2.05, 4.69) is 26.6 Å². The average molecular weight is 364 g/mol. The molecular formula is C13H16BrClN2O3. The highest BCUT2D eigenvalue weighted by Gasteiger charge is 2.22. The highest BCUT2D eigenvalue weighted by atomic mass is 79.9. The molecule has 2 N–H and O–H groups in total. The number of nitrogens with one attached hydrogen (secondary N) is 2. The van der Waals surface area contributed by atoms with Crippen molar-refractivity contribution in [2.24, 2.45) is 0 Å². The van der Waals surface area contributed by atoms with E-state index in [0.29, 0.717) is 17.1 Å². The molecule has 1 atom stereocenters. The molecule has 2 heterocycles. The SMILES string of the molecule is Cl.O=C(N[C@H]1CCCNC1)c1cc(Br)c2c(c1)OCO2. The van der Waals surface area contributed by atoms with Gasteiger partial charge in [-0.2, -0.15) is 0 Å². The molecule has 3 rings (SSSR count). The van der Waals surface area contributed by atoms with Crippen LogP contribution in [0.2, 0.25) is 0 Å². The van der Waals surface area contributed by atoms with Crippen LogP contribution in [0.4, 0.5) is 0 Å². The van der Waals surface area contributed by atoms with Gasteiger partial charge in [-0.25, -0.2) is 0 Å². The first-order chi connectivity index (χ1) is 9.24. The first-order valence-corrected chi connectivity index (χ1v) is 7.14. The second-order valence-corrected chi connectivity index (χ2v) is 5.56. The molecule has 0 aliphatic carbocycles. The number of hydrogen-bond donors (Lipinski definition) is 2. The Morgan fingerprint density at radius 3 is 3.00 bits per heavy atom. The van der Waals surface area contributed by atoms with Crippen LogP contribution in [0.1, 0.15) is 23.2 Å². The second kappa shape index (κ2) is 6.65. The standard InChI is InChI=1S/C13H15BrN2O3.ClH/c14-10-4-8(5-11-12(10)19-7-18-11)13(17)16-9-2-1-3-15-6-9;/h4-5,9,15H,1-3,6-7H2,(H,16,17);1H/t9-;/m0./s1. The Morgan fingerprint density at radius 1 is 1.40 bits per heavy atom. The van der Waals surface area contributed by atoms with Gasteiger partial charge in [-0.1, -0.05) is 0 Å². The summed E-state index contributed by atoms with van der Waals surface area (Å²) in [6, 6.07) is 3.68. The first kappa shape index (κ1) is 15.4. The Bertz CT molecular complexity index is 507. The molecule has 0 saturated carbocycles. The number of hydrogen-bond acceptors (Lipinski definition) is 4. The van der Waals surface area contributed by atoms with Gasteiger partial charge < -0.3 is 20.1 Å². The lowest BCUT2D eigenvalue weighted by molar-refractivity contribution is 0.0930. The largest absolute Gasteiger partial charge is 0.454 e. The number of benzene rings is 1. The number of rotatable bonds is 2. The van der Waals surface area contributed by atoms with Gasteiger partial charge in [-0.3, -0.25) is 4.79 Å². The fourth-order valence-electron chi connectivity index (χ4n) is 2.34. The maximum Gasteiger partial charge on any atom is 0.251 e. The van der Waals surface area contributed by atoms with E-state index in [1.807, 2.05) is 0 Å². The topological polar surface area (TPSA) is 59.6 Å². The summed E-state index contributed by atoms with van der Waals surface area (Å²) >= 11 is 3.39. The van der Waals surface area contributed by atoms with E-state index in [9.17, 15) is 4.79 Å². The third kappa shape index (κ3) is 3.19. The first-order valence-electron chi connectivity index (χ1n) is 6.35. The quantitative estimate of drug-likeness (QED) is 0.845. The summed E-state index contributed by atoms with van der Waals surface area (Å²) < 4.78 is 11.4. The van der Waals surface area contributed by atoms with Crippen LogP contribution in [-0.4, -0.2) is 31.8 Å². The predicted molar refractivity (Wildman–Crippen MR) is 80.9 cm³/mol. The summed E-state index contributed by atoms with van der Waals surface area (Å²) in [5.41, 5.74) is 0.585. The van der Waals surface area contributed by atoms with E-state index >= 15 is 0 Å². The van der Waals surface area contributed by atoms with Crippen LogP contribution in [0.15, 0.2) is 16.6 Å². The number of halogens is 2. The summed E-state index contributed by atoms with van der Waals surface area (Å²) in [7, 11) is 0. The molecule has 110 valence electrons. The molecule has 0 bridgehead atoms. The van der Waals surface area contributed by atoms with Crippen LogP contribution in [0, 0.1) is 0 Å². The molecule has 2 aliphatic heterocycles. The maximum atomic E-state index is 12.2. The number of ether oxygens (including phenoxy) is 2. The van der Waals surface area contributed by atoms with Gasteiger partial charge in [-0.05, 0) is 47.4 Å². The Balaban J connectivity index is 0.00000147. The molecule has 2 aliphatic rings. The van der Waals surface area contributed by atoms with E-state index < -0.39 is 0 Å². The molecule has 0 unspecified atom stereocenters. The van der Waals surface area contributed by atoms with E-state index in [1.165, 1.54) is 0 Å². The molecule has 0 aromatic heterocycles. The Labute approximate surface area is 131 Å². The predicted octanol–water partition coefficient (Wildman–Crippen LogP) is 2.08. The number of carbonyl (C=O) groups excluding carboxylic acids is 1. The molecule has 7 heteroatoms. The second-order valence-electron chi connectivity index (χ2n) is 4.71. The van der Waals surface area contributed by atoms with E-state index in [4.69, 9.17) is 9.47 Å². The van der Waals surface area contributed by atoms with Crippen molar-refractivity contribution in [2.45, 2.75) is 18.9 Å². The van der Waals surface area contributed by atoms with Crippen molar-refractivity contribution in [3.63, 3.8) is 0 Å². The Kier molecular flexibility index (Phi) is 5.12. The van der Waals surface area contributed by atoms with Crippen molar-refractivity contribution >= 4 is 34.2 Å². The smallest absolute Gasteiger partial charge is 0.251 e. The average Bonchev–Trinajstić information content (AvgIpc) is 2.88. The highest BCUT2D eigenvalue weighted by molar-refractivity contribution is 9.10. The maximum absolute atomic E-state index is 12.2. The minimum atomic E-state index is -0.0762. The van der Waals surface area contributed by atoms with Crippen molar-refractivity contribution < 1.29 is 14.3 Å². The van der Waals surface area contributed by atoms with Gasteiger partial charge in [0.2, 0.25) is 6.79 Å². The van der Waals surface area contributed by atoms with Gasteiger partial charge in [-0.15, -0.1) is 12.4 Å². The minimum absolute atomic E-state index is 0. The van der Waals surface area contributed by atoms with E-state index in [-0.39, 0.29) is 31.1 Å². The van der Waals surface area contributed by atoms with Crippen LogP contribution in [0.5, 0.6) is 11.5 Å². The summed E-state index contributed by atoms with van der Waals surface area (Å²) in [4.78, 5) is 12.2. The number of piperidine rings is 1. The van der Waals surface area contributed by atoms with Gasteiger partial charge in [0.1, 0.15) is 0 Å². The zero-order valence-corrected chi connectivity index (χ0v) is 13.2. The molecule has 1 aromatic rings. The number of fused-ring (bicyclic) bond motifs is 1. The van der Waals surface area contributed by atoms with Crippen LogP contribution in [0.3, 0.4) is 0 Å². The van der Waals surface area contributed by atoms with Crippen LogP contribution in [0.25, 0.3) is 0 Å². The van der Waals surface area contributed by atoms with Crippen molar-refractivity contribution in [1.29, 1.82) is 0 Å². The fraction of sp³-hybridized carbons (Fsp3) is 0.462. The molecular weight excluding hydrogens is 348 g/mol. The van der Waals surface area contributed by atoms with Gasteiger partial charge in [0.15, 0.2) is 11.5 Å². The van der Waals surface area contributed by atoms with E-state index in [0.717, 1.165) is 30.4 Å². The molecule has 1 aromatic carbocycles. The summed E-state index contributed by atoms with van der Waals surface area (Å²) in [6.07, 6.45) is 2.11. The van der Waals surface area contributed by atoms with Gasteiger partial charge in [0.05, 0.1) is 4.47 Å². The minimum Gasteiger partial charge on any atom is -0.454 e. The third-order valence-electron chi connectivity index (χ3n) is 3.32. The normalized spacial score (nSPS) is 20.1. The van der Waals surface area contributed by atoms with Gasteiger partial charge in [0, 0.05) is 18.2 Å². The Morgan fingerprint density at radius 2 is 2.25 bits per heavy atom. The van der Waals surface area contributed by atoms with Crippen molar-refractivity contribution in [1.82, 2.24) is 10.6 Å². The fourth-order valence-corrected chi connectivity index (χ4v) is 2.90. The molecule has 1 amide bonds. The lowest BCUT2D eigenvalue weighted by Crippen LogP contribution is -2.45. The van der Waals surface area contributed by atoms with E-state index in [1.54, 1.807) is 12.1 Å². The molecule has 1 fully saturated rings. The Hall–Kier alpha value is -0.980. The molecule has 1 saturated heterocycles. The highest BCUT2D eigenvalue weighted by Crippen LogP contribution is 2.39. The number of amides is 1. The lowest BCUT2D eigenvalue weighted by Gasteiger charge is -2.23. The van der Waals surface area contributed by atoms with Gasteiger partial charge in [0.25, 0.3) is 5.91 Å². The van der Waals surface area contributed by atoms with Crippen LogP contribution >= 0.6 is 28.3 Å². The molecule has 20 heavy (non-hydrogen) atoms. The van der Waals surface area contributed by atoms with Crippen molar-refractivity contribution in [3.05, 3.63) is 22.2 Å². The molecule has 5 nitrogen and oxygen atoms in total. The lowest BCUT2D eigenvalue weighted by atomic mass is 10.1. The van der Waals surface area contributed by atoms with Crippen molar-refractivity contribution in [2.75, 3.05) is 19.9 Å². The number of carbonyl (C=O) groups is 1. The monoisotopic (exact) mass is 362 g/mol. The summed E-state index contributed by atoms with van der Waals surface area (Å²) in [6.45, 7) is 2.06. The van der Waals surface area contributed by atoms with Gasteiger partial charge >= 0.3 is 0 Å². The van der Waals surface area contributed by atoms with Crippen molar-refractivity contribution in [3.8, 4) is 11.5 Å². The molecule has 0 radical (unpaired) electrons. The molecule has 0 spiro atoms. The zero-order valence-electron chi connectivity index (χ0n) is 10.8. The third-order valence-corrected chi connectivity index (χ3v) is 3.91. The zero-order chi connectivity index (χ0) is 13.2. The summed E-state index contributed by atoms with van der Waals surface area (Å²) in [5, 5.41) is 6.31.